The summed E-state index contributed by atoms with van der Waals surface area (Å²) < 4.78 is 12.5. The molecule has 2 aliphatic rings. The van der Waals surface area contributed by atoms with Crippen LogP contribution in [0.15, 0.2) is 0 Å². The molecule has 20 heavy (non-hydrogen) atoms. The third kappa shape index (κ3) is 2.86. The van der Waals surface area contributed by atoms with Crippen molar-refractivity contribution in [3.8, 4) is 0 Å². The molecule has 1 aromatic heterocycles. The predicted octanol–water partition coefficient (Wildman–Crippen LogP) is 0.742. The lowest BCUT2D eigenvalue weighted by molar-refractivity contribution is 0.0923. The van der Waals surface area contributed by atoms with Gasteiger partial charge in [-0.3, -0.25) is 9.48 Å². The quantitative estimate of drug-likeness (QED) is 0.834. The molecule has 0 aromatic carbocycles. The first kappa shape index (κ1) is 13.6. The molecule has 1 saturated carbocycles. The van der Waals surface area contributed by atoms with Crippen molar-refractivity contribution in [2.24, 2.45) is 5.92 Å². The minimum absolute atomic E-state index is 0.0742. The summed E-state index contributed by atoms with van der Waals surface area (Å²) in [5.74, 6) is 0.594. The van der Waals surface area contributed by atoms with Gasteiger partial charge in [0.2, 0.25) is 0 Å². The van der Waals surface area contributed by atoms with Crippen LogP contribution < -0.4 is 5.32 Å². The lowest BCUT2D eigenvalue weighted by Gasteiger charge is -2.14. The number of rotatable bonds is 6. The van der Waals surface area contributed by atoms with E-state index in [0.717, 1.165) is 24.2 Å². The van der Waals surface area contributed by atoms with Gasteiger partial charge in [0.25, 0.3) is 5.91 Å². The fraction of sp³-hybridized carbons (Fsp3) is 0.714. The molecule has 0 saturated heterocycles. The minimum Gasteiger partial charge on any atom is -0.383 e. The van der Waals surface area contributed by atoms with Crippen LogP contribution in [0.4, 0.5) is 0 Å². The topological polar surface area (TPSA) is 65.4 Å². The summed E-state index contributed by atoms with van der Waals surface area (Å²) in [7, 11) is 1.67. The number of hydrogen-bond acceptors (Lipinski definition) is 4. The number of methoxy groups -OCH3 is 1. The van der Waals surface area contributed by atoms with Crippen LogP contribution in [0.5, 0.6) is 0 Å². The molecule has 6 heteroatoms. The lowest BCUT2D eigenvalue weighted by atomic mass is 10.1. The summed E-state index contributed by atoms with van der Waals surface area (Å²) in [6.45, 7) is 3.20. The summed E-state index contributed by atoms with van der Waals surface area (Å²) >= 11 is 0. The Labute approximate surface area is 118 Å². The molecular weight excluding hydrogens is 258 g/mol. The summed E-state index contributed by atoms with van der Waals surface area (Å²) in [6, 6.07) is 0. The molecule has 110 valence electrons. The van der Waals surface area contributed by atoms with Gasteiger partial charge in [0.1, 0.15) is 0 Å². The molecule has 3 rings (SSSR count). The smallest absolute Gasteiger partial charge is 0.272 e. The fourth-order valence-electron chi connectivity index (χ4n) is 2.50. The summed E-state index contributed by atoms with van der Waals surface area (Å²) in [5.41, 5.74) is 2.59. The first-order chi connectivity index (χ1) is 9.79. The Balaban J connectivity index is 1.77. The molecule has 1 aromatic rings. The zero-order valence-corrected chi connectivity index (χ0v) is 11.9. The van der Waals surface area contributed by atoms with Crippen molar-refractivity contribution in [3.05, 3.63) is 17.0 Å². The zero-order valence-electron chi connectivity index (χ0n) is 11.9. The highest BCUT2D eigenvalue weighted by Crippen LogP contribution is 2.28. The number of aromatic nitrogens is 2. The van der Waals surface area contributed by atoms with Gasteiger partial charge in [0.05, 0.1) is 26.4 Å². The van der Waals surface area contributed by atoms with Gasteiger partial charge in [-0.15, -0.1) is 0 Å². The number of hydrogen-bond donors (Lipinski definition) is 1. The fourth-order valence-corrected chi connectivity index (χ4v) is 2.50. The van der Waals surface area contributed by atoms with Crippen molar-refractivity contribution < 1.29 is 14.3 Å². The molecule has 1 N–H and O–H groups in total. The molecule has 0 atom stereocenters. The van der Waals surface area contributed by atoms with Gasteiger partial charge in [0.15, 0.2) is 5.69 Å². The largest absolute Gasteiger partial charge is 0.383 e. The normalized spacial score (nSPS) is 17.9. The van der Waals surface area contributed by atoms with Crippen molar-refractivity contribution in [3.63, 3.8) is 0 Å². The first-order valence-corrected chi connectivity index (χ1v) is 7.23. The van der Waals surface area contributed by atoms with Crippen LogP contribution in [0.3, 0.4) is 0 Å². The van der Waals surface area contributed by atoms with Crippen molar-refractivity contribution in [1.29, 1.82) is 0 Å². The van der Waals surface area contributed by atoms with Crippen LogP contribution in [-0.2, 0) is 29.0 Å². The second-order valence-corrected chi connectivity index (χ2v) is 5.45. The van der Waals surface area contributed by atoms with Crippen LogP contribution in [-0.4, -0.2) is 42.6 Å². The van der Waals surface area contributed by atoms with E-state index in [0.29, 0.717) is 38.0 Å². The maximum atomic E-state index is 12.3. The third-order valence-electron chi connectivity index (χ3n) is 3.87. The SMILES string of the molecule is COCCn1nc(C(=O)NCC2CC2)c2c1CCOC2. The Kier molecular flexibility index (Phi) is 4.03. The van der Waals surface area contributed by atoms with Gasteiger partial charge in [0, 0.05) is 31.3 Å². The summed E-state index contributed by atoms with van der Waals surface area (Å²) in [6.07, 6.45) is 3.26. The number of fused-ring (bicyclic) bond motifs is 1. The van der Waals surface area contributed by atoms with E-state index in [9.17, 15) is 4.79 Å². The first-order valence-electron chi connectivity index (χ1n) is 7.23. The zero-order chi connectivity index (χ0) is 13.9. The summed E-state index contributed by atoms with van der Waals surface area (Å²) in [5, 5.41) is 7.45. The number of ether oxygens (including phenoxy) is 2. The highest BCUT2D eigenvalue weighted by atomic mass is 16.5. The Morgan fingerprint density at radius 3 is 3.15 bits per heavy atom. The molecule has 1 amide bonds. The highest BCUT2D eigenvalue weighted by molar-refractivity contribution is 5.94. The van der Waals surface area contributed by atoms with E-state index in [2.05, 4.69) is 10.4 Å². The molecule has 6 nitrogen and oxygen atoms in total. The maximum absolute atomic E-state index is 12.3. The number of amides is 1. The van der Waals surface area contributed by atoms with Gasteiger partial charge in [-0.2, -0.15) is 5.10 Å². The molecule has 1 aliphatic carbocycles. The van der Waals surface area contributed by atoms with Crippen molar-refractivity contribution in [1.82, 2.24) is 15.1 Å². The Morgan fingerprint density at radius 2 is 2.40 bits per heavy atom. The van der Waals surface area contributed by atoms with Gasteiger partial charge >= 0.3 is 0 Å². The highest BCUT2D eigenvalue weighted by Gasteiger charge is 2.27. The third-order valence-corrected chi connectivity index (χ3v) is 3.87. The molecule has 2 heterocycles. The Morgan fingerprint density at radius 1 is 1.55 bits per heavy atom. The second-order valence-electron chi connectivity index (χ2n) is 5.45. The molecule has 0 radical (unpaired) electrons. The van der Waals surface area contributed by atoms with Crippen molar-refractivity contribution >= 4 is 5.91 Å². The van der Waals surface area contributed by atoms with Crippen molar-refractivity contribution in [2.45, 2.75) is 32.4 Å². The molecule has 0 spiro atoms. The Hall–Kier alpha value is -1.40. The van der Waals surface area contributed by atoms with Gasteiger partial charge in [-0.25, -0.2) is 0 Å². The van der Waals surface area contributed by atoms with Gasteiger partial charge in [-0.1, -0.05) is 0 Å². The van der Waals surface area contributed by atoms with Crippen LogP contribution in [0.2, 0.25) is 0 Å². The van der Waals surface area contributed by atoms with Gasteiger partial charge < -0.3 is 14.8 Å². The number of carbonyl (C=O) groups excluding carboxylic acids is 1. The summed E-state index contributed by atoms with van der Waals surface area (Å²) in [4.78, 5) is 12.3. The van der Waals surface area contributed by atoms with Crippen LogP contribution in [0, 0.1) is 5.92 Å². The number of carbonyl (C=O) groups is 1. The van der Waals surface area contributed by atoms with E-state index in [4.69, 9.17) is 9.47 Å². The predicted molar refractivity (Wildman–Crippen MR) is 72.5 cm³/mol. The van der Waals surface area contributed by atoms with Crippen LogP contribution in [0.25, 0.3) is 0 Å². The average Bonchev–Trinajstić information content (AvgIpc) is 3.23. The molecule has 0 unspecified atom stereocenters. The van der Waals surface area contributed by atoms with E-state index in [1.807, 2.05) is 4.68 Å². The van der Waals surface area contributed by atoms with E-state index >= 15 is 0 Å². The van der Waals surface area contributed by atoms with E-state index < -0.39 is 0 Å². The standard InChI is InChI=1S/C14H21N3O3/c1-19-7-5-17-12-4-6-20-9-11(12)13(16-17)14(18)15-8-10-2-3-10/h10H,2-9H2,1H3,(H,15,18). The van der Waals surface area contributed by atoms with Gasteiger partial charge in [-0.05, 0) is 18.8 Å². The number of nitrogens with one attached hydrogen (secondary N) is 1. The molecular formula is C14H21N3O3. The molecule has 0 bridgehead atoms. The van der Waals surface area contributed by atoms with E-state index in [1.165, 1.54) is 12.8 Å². The van der Waals surface area contributed by atoms with Crippen molar-refractivity contribution in [2.75, 3.05) is 26.9 Å². The van der Waals surface area contributed by atoms with Crippen LogP contribution in [0.1, 0.15) is 34.6 Å². The molecule has 1 fully saturated rings. The van der Waals surface area contributed by atoms with Crippen LogP contribution >= 0.6 is 0 Å². The minimum atomic E-state index is -0.0742. The Bertz CT molecular complexity index is 494. The maximum Gasteiger partial charge on any atom is 0.272 e. The molecule has 1 aliphatic heterocycles. The second kappa shape index (κ2) is 5.93. The van der Waals surface area contributed by atoms with E-state index in [-0.39, 0.29) is 5.91 Å². The number of nitrogens with zero attached hydrogens (tertiary/aromatic N) is 2. The lowest BCUT2D eigenvalue weighted by Crippen LogP contribution is -2.27. The van der Waals surface area contributed by atoms with E-state index in [1.54, 1.807) is 7.11 Å². The monoisotopic (exact) mass is 279 g/mol. The average molecular weight is 279 g/mol.